The average molecular weight is 242 g/mol. The van der Waals surface area contributed by atoms with E-state index in [1.165, 1.54) is 11.5 Å². The molecular weight excluding hydrogens is 224 g/mol. The molecular formula is C10H18N4OS. The normalized spacial score (nSPS) is 13.1. The molecule has 0 bridgehead atoms. The summed E-state index contributed by atoms with van der Waals surface area (Å²) in [5, 5.41) is 3.68. The van der Waals surface area contributed by atoms with Gasteiger partial charge in [0.1, 0.15) is 11.9 Å². The van der Waals surface area contributed by atoms with Crippen molar-refractivity contribution in [3.8, 4) is 0 Å². The first-order chi connectivity index (χ1) is 7.41. The zero-order valence-corrected chi connectivity index (χ0v) is 10.8. The van der Waals surface area contributed by atoms with Crippen LogP contribution in [0.15, 0.2) is 0 Å². The molecule has 0 fully saturated rings. The van der Waals surface area contributed by atoms with Crippen LogP contribution in [0.3, 0.4) is 0 Å². The summed E-state index contributed by atoms with van der Waals surface area (Å²) >= 11 is 1.26. The lowest BCUT2D eigenvalue weighted by molar-refractivity contribution is -0.119. The fourth-order valence-corrected chi connectivity index (χ4v) is 1.97. The van der Waals surface area contributed by atoms with Crippen LogP contribution in [-0.2, 0) is 4.79 Å². The molecule has 1 aromatic heterocycles. The van der Waals surface area contributed by atoms with Gasteiger partial charge in [-0.3, -0.25) is 4.79 Å². The van der Waals surface area contributed by atoms with Crippen LogP contribution >= 0.6 is 11.5 Å². The molecule has 0 aromatic carbocycles. The monoisotopic (exact) mass is 242 g/mol. The number of carbonyl (C=O) groups excluding carboxylic acids is 1. The molecule has 6 heteroatoms. The molecule has 1 heterocycles. The number of hydrogen-bond acceptors (Lipinski definition) is 5. The van der Waals surface area contributed by atoms with Crippen LogP contribution in [0.4, 0.5) is 5.13 Å². The zero-order chi connectivity index (χ0) is 12.3. The van der Waals surface area contributed by atoms with Crippen molar-refractivity contribution in [3.05, 3.63) is 5.82 Å². The number of amides is 1. The topological polar surface area (TPSA) is 80.9 Å². The Balaban J connectivity index is 2.74. The van der Waals surface area contributed by atoms with Gasteiger partial charge in [0.15, 0.2) is 0 Å². The van der Waals surface area contributed by atoms with Crippen molar-refractivity contribution in [2.75, 3.05) is 5.32 Å². The van der Waals surface area contributed by atoms with Gasteiger partial charge >= 0.3 is 0 Å². The van der Waals surface area contributed by atoms with Crippen LogP contribution in [0, 0.1) is 5.92 Å². The van der Waals surface area contributed by atoms with Gasteiger partial charge in [0.2, 0.25) is 11.0 Å². The Bertz CT molecular complexity index is 361. The van der Waals surface area contributed by atoms with Crippen molar-refractivity contribution in [3.63, 3.8) is 0 Å². The molecule has 5 nitrogen and oxygen atoms in total. The van der Waals surface area contributed by atoms with Crippen molar-refractivity contribution < 1.29 is 4.79 Å². The lowest BCUT2D eigenvalue weighted by Gasteiger charge is -2.17. The third-order valence-electron chi connectivity index (χ3n) is 2.21. The van der Waals surface area contributed by atoms with Gasteiger partial charge < -0.3 is 11.1 Å². The summed E-state index contributed by atoms with van der Waals surface area (Å²) in [6, 6.07) is -0.395. The first kappa shape index (κ1) is 12.9. The highest BCUT2D eigenvalue weighted by atomic mass is 32.1. The predicted octanol–water partition coefficient (Wildman–Crippen LogP) is 1.58. The summed E-state index contributed by atoms with van der Waals surface area (Å²) in [5.74, 6) is 0.845. The molecule has 0 aliphatic carbocycles. The third kappa shape index (κ3) is 3.16. The van der Waals surface area contributed by atoms with Crippen LogP contribution < -0.4 is 11.1 Å². The number of primary amides is 1. The number of hydrogen-bond donors (Lipinski definition) is 2. The van der Waals surface area contributed by atoms with Gasteiger partial charge in [-0.25, -0.2) is 4.98 Å². The molecule has 0 aliphatic heterocycles. The number of aromatic nitrogens is 2. The lowest BCUT2D eigenvalue weighted by Crippen LogP contribution is -2.39. The molecule has 1 aromatic rings. The van der Waals surface area contributed by atoms with Gasteiger partial charge in [-0.15, -0.1) is 0 Å². The highest BCUT2D eigenvalue weighted by molar-refractivity contribution is 7.09. The maximum atomic E-state index is 11.2. The second kappa shape index (κ2) is 5.25. The molecule has 0 saturated heterocycles. The van der Waals surface area contributed by atoms with E-state index in [1.807, 2.05) is 27.7 Å². The molecule has 0 radical (unpaired) electrons. The van der Waals surface area contributed by atoms with Gasteiger partial charge in [-0.2, -0.15) is 4.37 Å². The molecule has 1 rings (SSSR count). The Labute approximate surface area is 99.6 Å². The number of rotatable bonds is 5. The molecule has 16 heavy (non-hydrogen) atoms. The smallest absolute Gasteiger partial charge is 0.240 e. The number of nitrogens with two attached hydrogens (primary N) is 1. The Morgan fingerprint density at radius 2 is 2.00 bits per heavy atom. The van der Waals surface area contributed by atoms with Crippen molar-refractivity contribution in [2.24, 2.45) is 11.7 Å². The maximum absolute atomic E-state index is 11.2. The van der Waals surface area contributed by atoms with Crippen LogP contribution in [0.5, 0.6) is 0 Å². The van der Waals surface area contributed by atoms with Crippen LogP contribution in [0.2, 0.25) is 0 Å². The van der Waals surface area contributed by atoms with Crippen molar-refractivity contribution in [1.29, 1.82) is 0 Å². The largest absolute Gasteiger partial charge is 0.368 e. The van der Waals surface area contributed by atoms with Crippen molar-refractivity contribution >= 4 is 22.6 Å². The minimum absolute atomic E-state index is 0.129. The van der Waals surface area contributed by atoms with E-state index >= 15 is 0 Å². The van der Waals surface area contributed by atoms with Gasteiger partial charge in [-0.05, 0) is 5.92 Å². The fraction of sp³-hybridized carbons (Fsp3) is 0.700. The average Bonchev–Trinajstić information content (AvgIpc) is 2.61. The second-order valence-electron chi connectivity index (χ2n) is 4.38. The van der Waals surface area contributed by atoms with E-state index in [1.54, 1.807) is 0 Å². The van der Waals surface area contributed by atoms with E-state index in [9.17, 15) is 4.79 Å². The molecule has 0 saturated carbocycles. The van der Waals surface area contributed by atoms with Crippen LogP contribution in [0.25, 0.3) is 0 Å². The van der Waals surface area contributed by atoms with Crippen LogP contribution in [0.1, 0.15) is 39.4 Å². The minimum atomic E-state index is -0.395. The highest BCUT2D eigenvalue weighted by Gasteiger charge is 2.20. The molecule has 90 valence electrons. The molecule has 3 N–H and O–H groups in total. The number of nitrogens with one attached hydrogen (secondary N) is 1. The minimum Gasteiger partial charge on any atom is -0.368 e. The van der Waals surface area contributed by atoms with Crippen molar-refractivity contribution in [1.82, 2.24) is 9.36 Å². The van der Waals surface area contributed by atoms with Gasteiger partial charge in [0.05, 0.1) is 0 Å². The van der Waals surface area contributed by atoms with E-state index in [4.69, 9.17) is 5.73 Å². The van der Waals surface area contributed by atoms with E-state index in [2.05, 4.69) is 14.7 Å². The Morgan fingerprint density at radius 3 is 2.38 bits per heavy atom. The number of anilines is 1. The summed E-state index contributed by atoms with van der Waals surface area (Å²) in [7, 11) is 0. The van der Waals surface area contributed by atoms with E-state index in [0.717, 1.165) is 5.82 Å². The molecule has 0 aliphatic rings. The Hall–Kier alpha value is -1.17. The number of carbonyl (C=O) groups is 1. The third-order valence-corrected chi connectivity index (χ3v) is 2.87. The summed E-state index contributed by atoms with van der Waals surface area (Å²) in [5.41, 5.74) is 5.31. The van der Waals surface area contributed by atoms with E-state index in [-0.39, 0.29) is 17.7 Å². The van der Waals surface area contributed by atoms with Gasteiger partial charge in [0, 0.05) is 17.5 Å². The van der Waals surface area contributed by atoms with Crippen molar-refractivity contribution in [2.45, 2.75) is 39.7 Å². The first-order valence-corrected chi connectivity index (χ1v) is 6.08. The maximum Gasteiger partial charge on any atom is 0.240 e. The lowest BCUT2D eigenvalue weighted by atomic mass is 10.0. The SMILES string of the molecule is CC(C)c1nsc(NC(C(N)=O)C(C)C)n1. The second-order valence-corrected chi connectivity index (χ2v) is 5.13. The molecule has 1 amide bonds. The standard InChI is InChI=1S/C10H18N4OS/c1-5(2)7(8(11)15)12-10-13-9(6(3)4)14-16-10/h5-7H,1-4H3,(H2,11,15)(H,12,13,14). The Kier molecular flexibility index (Phi) is 4.23. The fourth-order valence-electron chi connectivity index (χ4n) is 1.23. The Morgan fingerprint density at radius 1 is 1.38 bits per heavy atom. The van der Waals surface area contributed by atoms with E-state index in [0.29, 0.717) is 5.13 Å². The van der Waals surface area contributed by atoms with E-state index < -0.39 is 6.04 Å². The summed E-state index contributed by atoms with van der Waals surface area (Å²) in [6.45, 7) is 7.93. The van der Waals surface area contributed by atoms with Gasteiger partial charge in [-0.1, -0.05) is 27.7 Å². The highest BCUT2D eigenvalue weighted by Crippen LogP contribution is 2.19. The summed E-state index contributed by atoms with van der Waals surface area (Å²) < 4.78 is 4.20. The van der Waals surface area contributed by atoms with Crippen LogP contribution in [-0.4, -0.2) is 21.3 Å². The quantitative estimate of drug-likeness (QED) is 0.821. The molecule has 1 atom stereocenters. The molecule has 0 spiro atoms. The number of nitrogens with zero attached hydrogens (tertiary/aromatic N) is 2. The predicted molar refractivity (Wildman–Crippen MR) is 65.4 cm³/mol. The van der Waals surface area contributed by atoms with Gasteiger partial charge in [0.25, 0.3) is 0 Å². The summed E-state index contributed by atoms with van der Waals surface area (Å²) in [6.07, 6.45) is 0. The first-order valence-electron chi connectivity index (χ1n) is 5.31. The summed E-state index contributed by atoms with van der Waals surface area (Å²) in [4.78, 5) is 15.5. The molecule has 1 unspecified atom stereocenters. The zero-order valence-electron chi connectivity index (χ0n) is 10.0.